The standard InChI is InChI=1S/C27H34N4O2S/c1-4-18(2)24-28-25(23-21-8-6-5-7-9-22(21)34-26(23)29-24)30-14-16-31(17-15-30)27(32)19-10-12-20(33-3)13-11-19/h10-13,18H,4-9,14-17H2,1-3H3/t18-/m1/s1. The summed E-state index contributed by atoms with van der Waals surface area (Å²) < 4.78 is 5.22. The number of anilines is 1. The molecule has 3 aromatic rings. The van der Waals surface area contributed by atoms with E-state index in [-0.39, 0.29) is 5.91 Å². The maximum atomic E-state index is 13.1. The number of piperazine rings is 1. The maximum absolute atomic E-state index is 13.1. The summed E-state index contributed by atoms with van der Waals surface area (Å²) in [6.45, 7) is 7.39. The van der Waals surface area contributed by atoms with Gasteiger partial charge in [0.05, 0.1) is 12.5 Å². The molecule has 1 aliphatic carbocycles. The number of carbonyl (C=O) groups is 1. The first-order chi connectivity index (χ1) is 16.6. The van der Waals surface area contributed by atoms with Gasteiger partial charge in [-0.05, 0) is 61.9 Å². The van der Waals surface area contributed by atoms with Crippen molar-refractivity contribution in [3.63, 3.8) is 0 Å². The van der Waals surface area contributed by atoms with E-state index >= 15 is 0 Å². The second-order valence-corrected chi connectivity index (χ2v) is 10.6. The molecule has 3 heterocycles. The van der Waals surface area contributed by atoms with Crippen LogP contribution in [0.3, 0.4) is 0 Å². The summed E-state index contributed by atoms with van der Waals surface area (Å²) in [7, 11) is 1.64. The molecule has 0 radical (unpaired) electrons. The highest BCUT2D eigenvalue weighted by atomic mass is 32.1. The van der Waals surface area contributed by atoms with Gasteiger partial charge in [0.25, 0.3) is 5.91 Å². The van der Waals surface area contributed by atoms with Gasteiger partial charge in [0.2, 0.25) is 0 Å². The number of aromatic nitrogens is 2. The van der Waals surface area contributed by atoms with Crippen molar-refractivity contribution in [1.29, 1.82) is 0 Å². The van der Waals surface area contributed by atoms with Crippen molar-refractivity contribution in [1.82, 2.24) is 14.9 Å². The number of hydrogen-bond donors (Lipinski definition) is 0. The second-order valence-electron chi connectivity index (χ2n) is 9.47. The number of benzene rings is 1. The SMILES string of the molecule is CC[C@@H](C)c1nc(N2CCN(C(=O)c3ccc(OC)cc3)CC2)c2c3c(sc2n1)CCCCC3. The Balaban J connectivity index is 1.42. The highest BCUT2D eigenvalue weighted by Gasteiger charge is 2.28. The summed E-state index contributed by atoms with van der Waals surface area (Å²) in [5.74, 6) is 3.23. The minimum absolute atomic E-state index is 0.0832. The van der Waals surface area contributed by atoms with E-state index in [9.17, 15) is 4.79 Å². The first kappa shape index (κ1) is 23.1. The van der Waals surface area contributed by atoms with Crippen molar-refractivity contribution < 1.29 is 9.53 Å². The molecule has 180 valence electrons. The lowest BCUT2D eigenvalue weighted by Gasteiger charge is -2.36. The van der Waals surface area contributed by atoms with Crippen LogP contribution in [0.4, 0.5) is 5.82 Å². The van der Waals surface area contributed by atoms with Crippen LogP contribution in [0.15, 0.2) is 24.3 Å². The highest BCUT2D eigenvalue weighted by Crippen LogP contribution is 2.40. The Kier molecular flexibility index (Phi) is 6.73. The van der Waals surface area contributed by atoms with Crippen LogP contribution in [0.5, 0.6) is 5.75 Å². The summed E-state index contributed by atoms with van der Waals surface area (Å²) >= 11 is 1.89. The maximum Gasteiger partial charge on any atom is 0.253 e. The van der Waals surface area contributed by atoms with Crippen LogP contribution in [0.2, 0.25) is 0 Å². The molecule has 1 aliphatic heterocycles. The van der Waals surface area contributed by atoms with E-state index in [0.717, 1.165) is 48.2 Å². The first-order valence-electron chi connectivity index (χ1n) is 12.6. The minimum Gasteiger partial charge on any atom is -0.497 e. The van der Waals surface area contributed by atoms with E-state index in [1.807, 2.05) is 40.5 Å². The quantitative estimate of drug-likeness (QED) is 0.457. The molecule has 0 bridgehead atoms. The first-order valence-corrected chi connectivity index (χ1v) is 13.4. The van der Waals surface area contributed by atoms with Gasteiger partial charge in [0.15, 0.2) is 0 Å². The number of carbonyl (C=O) groups excluding carboxylic acids is 1. The molecular formula is C27H34N4O2S. The molecule has 0 saturated carbocycles. The van der Waals surface area contributed by atoms with Crippen LogP contribution >= 0.6 is 11.3 Å². The average Bonchev–Trinajstić information content (AvgIpc) is 3.08. The number of amides is 1. The number of aryl methyl sites for hydroxylation is 2. The zero-order chi connectivity index (χ0) is 23.7. The van der Waals surface area contributed by atoms with E-state index in [4.69, 9.17) is 14.7 Å². The summed E-state index contributed by atoms with van der Waals surface area (Å²) in [6, 6.07) is 7.39. The van der Waals surface area contributed by atoms with Crippen LogP contribution in [-0.4, -0.2) is 54.1 Å². The molecule has 1 amide bonds. The fraction of sp³-hybridized carbons (Fsp3) is 0.519. The molecule has 2 aliphatic rings. The third-order valence-electron chi connectivity index (χ3n) is 7.32. The van der Waals surface area contributed by atoms with E-state index < -0.39 is 0 Å². The van der Waals surface area contributed by atoms with Crippen molar-refractivity contribution in [2.45, 2.75) is 58.3 Å². The van der Waals surface area contributed by atoms with Gasteiger partial charge in [-0.1, -0.05) is 20.3 Å². The average molecular weight is 479 g/mol. The number of nitrogens with zero attached hydrogens (tertiary/aromatic N) is 4. The lowest BCUT2D eigenvalue weighted by Crippen LogP contribution is -2.49. The van der Waals surface area contributed by atoms with Gasteiger partial charge in [-0.15, -0.1) is 11.3 Å². The van der Waals surface area contributed by atoms with Crippen LogP contribution in [0.25, 0.3) is 10.2 Å². The highest BCUT2D eigenvalue weighted by molar-refractivity contribution is 7.19. The lowest BCUT2D eigenvalue weighted by molar-refractivity contribution is 0.0746. The summed E-state index contributed by atoms with van der Waals surface area (Å²) in [5, 5.41) is 1.28. The van der Waals surface area contributed by atoms with Crippen molar-refractivity contribution in [3.05, 3.63) is 46.1 Å². The molecule has 34 heavy (non-hydrogen) atoms. The number of hydrogen-bond acceptors (Lipinski definition) is 6. The fourth-order valence-electron chi connectivity index (χ4n) is 5.00. The Bertz CT molecular complexity index is 1170. The molecule has 7 heteroatoms. The smallest absolute Gasteiger partial charge is 0.253 e. The van der Waals surface area contributed by atoms with E-state index in [1.165, 1.54) is 41.5 Å². The number of methoxy groups -OCH3 is 1. The Hall–Kier alpha value is -2.67. The van der Waals surface area contributed by atoms with Gasteiger partial charge >= 0.3 is 0 Å². The van der Waals surface area contributed by atoms with E-state index in [2.05, 4.69) is 18.7 Å². The number of thiophene rings is 1. The van der Waals surface area contributed by atoms with Crippen LogP contribution in [-0.2, 0) is 12.8 Å². The normalized spacial score (nSPS) is 17.4. The Morgan fingerprint density at radius 2 is 1.79 bits per heavy atom. The zero-order valence-electron chi connectivity index (χ0n) is 20.5. The van der Waals surface area contributed by atoms with Gasteiger partial charge in [-0.25, -0.2) is 9.97 Å². The van der Waals surface area contributed by atoms with Gasteiger partial charge in [-0.2, -0.15) is 0 Å². The summed E-state index contributed by atoms with van der Waals surface area (Å²) in [4.78, 5) is 30.3. The van der Waals surface area contributed by atoms with E-state index in [0.29, 0.717) is 24.6 Å². The molecule has 6 nitrogen and oxygen atoms in total. The predicted molar refractivity (Wildman–Crippen MR) is 138 cm³/mol. The molecule has 0 N–H and O–H groups in total. The van der Waals surface area contributed by atoms with Crippen molar-refractivity contribution in [2.24, 2.45) is 0 Å². The summed E-state index contributed by atoms with van der Waals surface area (Å²) in [5.41, 5.74) is 2.20. The molecule has 1 fully saturated rings. The molecule has 1 saturated heterocycles. The van der Waals surface area contributed by atoms with Gasteiger partial charge < -0.3 is 14.5 Å². The Morgan fingerprint density at radius 3 is 2.50 bits per heavy atom. The third kappa shape index (κ3) is 4.38. The largest absolute Gasteiger partial charge is 0.497 e. The fourth-order valence-corrected chi connectivity index (χ4v) is 6.26. The van der Waals surface area contributed by atoms with Crippen LogP contribution in [0, 0.1) is 0 Å². The van der Waals surface area contributed by atoms with Gasteiger partial charge in [0, 0.05) is 42.5 Å². The molecular weight excluding hydrogens is 444 g/mol. The van der Waals surface area contributed by atoms with Crippen molar-refractivity contribution in [2.75, 3.05) is 38.2 Å². The molecule has 0 spiro atoms. The number of rotatable bonds is 5. The third-order valence-corrected chi connectivity index (χ3v) is 8.51. The van der Waals surface area contributed by atoms with E-state index in [1.54, 1.807) is 7.11 Å². The number of ether oxygens (including phenoxy) is 1. The lowest BCUT2D eigenvalue weighted by atomic mass is 10.1. The zero-order valence-corrected chi connectivity index (χ0v) is 21.3. The summed E-state index contributed by atoms with van der Waals surface area (Å²) in [6.07, 6.45) is 7.14. The Morgan fingerprint density at radius 1 is 1.06 bits per heavy atom. The van der Waals surface area contributed by atoms with Gasteiger partial charge in [0.1, 0.15) is 22.2 Å². The van der Waals surface area contributed by atoms with Crippen molar-refractivity contribution in [3.8, 4) is 5.75 Å². The molecule has 0 unspecified atom stereocenters. The molecule has 2 aromatic heterocycles. The number of fused-ring (bicyclic) bond motifs is 3. The van der Waals surface area contributed by atoms with Gasteiger partial charge in [-0.3, -0.25) is 4.79 Å². The minimum atomic E-state index is 0.0832. The molecule has 1 atom stereocenters. The predicted octanol–water partition coefficient (Wildman–Crippen LogP) is 5.44. The van der Waals surface area contributed by atoms with Crippen LogP contribution in [0.1, 0.15) is 72.1 Å². The van der Waals surface area contributed by atoms with Crippen LogP contribution < -0.4 is 9.64 Å². The monoisotopic (exact) mass is 478 g/mol. The molecule has 5 rings (SSSR count). The Labute approximate surface area is 206 Å². The second kappa shape index (κ2) is 9.90. The topological polar surface area (TPSA) is 58.6 Å². The molecule has 1 aromatic carbocycles. The van der Waals surface area contributed by atoms with Crippen molar-refractivity contribution >= 4 is 33.3 Å².